The zero-order valence-corrected chi connectivity index (χ0v) is 11.8. The maximum atomic E-state index is 12.7. The van der Waals surface area contributed by atoms with Crippen molar-refractivity contribution in [1.29, 1.82) is 0 Å². The van der Waals surface area contributed by atoms with E-state index in [2.05, 4.69) is 17.1 Å². The molecule has 1 amide bonds. The Balaban J connectivity index is 2.19. The molecule has 0 saturated carbocycles. The Hall–Kier alpha value is -1.42. The van der Waals surface area contributed by atoms with Gasteiger partial charge in [-0.05, 0) is 37.7 Å². The summed E-state index contributed by atoms with van der Waals surface area (Å²) >= 11 is 0. The van der Waals surface area contributed by atoms with E-state index < -0.39 is 0 Å². The summed E-state index contributed by atoms with van der Waals surface area (Å²) < 4.78 is 12.7. The molecule has 0 aliphatic heterocycles. The lowest BCUT2D eigenvalue weighted by Gasteiger charge is -2.15. The third-order valence-electron chi connectivity index (χ3n) is 3.02. The van der Waals surface area contributed by atoms with E-state index in [1.807, 2.05) is 7.05 Å². The summed E-state index contributed by atoms with van der Waals surface area (Å²) in [7, 11) is 2.03. The minimum Gasteiger partial charge on any atom is -0.352 e. The fraction of sp³-hybridized carbons (Fsp3) is 0.533. The van der Waals surface area contributed by atoms with Gasteiger partial charge in [0, 0.05) is 19.5 Å². The first-order valence-corrected chi connectivity index (χ1v) is 6.81. The Morgan fingerprint density at radius 3 is 2.58 bits per heavy atom. The Kier molecular flexibility index (Phi) is 7.11. The van der Waals surface area contributed by atoms with Gasteiger partial charge in [-0.3, -0.25) is 4.79 Å². The molecular weight excluding hydrogens is 243 g/mol. The molecule has 4 heteroatoms. The zero-order chi connectivity index (χ0) is 14.1. The lowest BCUT2D eigenvalue weighted by atomic mass is 10.2. The SMILES string of the molecule is CCCCN(C)CCC(=O)NCc1ccc(F)cc1. The topological polar surface area (TPSA) is 32.3 Å². The smallest absolute Gasteiger partial charge is 0.221 e. The second-order valence-electron chi connectivity index (χ2n) is 4.81. The van der Waals surface area contributed by atoms with Gasteiger partial charge in [-0.15, -0.1) is 0 Å². The van der Waals surface area contributed by atoms with Gasteiger partial charge in [0.2, 0.25) is 5.91 Å². The third-order valence-corrected chi connectivity index (χ3v) is 3.02. The van der Waals surface area contributed by atoms with E-state index >= 15 is 0 Å². The van der Waals surface area contributed by atoms with E-state index in [0.717, 1.165) is 25.1 Å². The second-order valence-corrected chi connectivity index (χ2v) is 4.81. The van der Waals surface area contributed by atoms with Crippen LogP contribution in [-0.4, -0.2) is 30.9 Å². The van der Waals surface area contributed by atoms with Crippen LogP contribution in [0.15, 0.2) is 24.3 Å². The number of nitrogens with one attached hydrogen (secondary N) is 1. The lowest BCUT2D eigenvalue weighted by molar-refractivity contribution is -0.121. The van der Waals surface area contributed by atoms with Gasteiger partial charge in [-0.1, -0.05) is 25.5 Å². The minimum atomic E-state index is -0.257. The van der Waals surface area contributed by atoms with Gasteiger partial charge in [0.1, 0.15) is 5.82 Å². The van der Waals surface area contributed by atoms with Crippen molar-refractivity contribution in [2.24, 2.45) is 0 Å². The van der Waals surface area contributed by atoms with Crippen molar-refractivity contribution in [3.05, 3.63) is 35.6 Å². The van der Waals surface area contributed by atoms with Crippen LogP contribution in [0.4, 0.5) is 4.39 Å². The molecule has 106 valence electrons. The molecular formula is C15H23FN2O. The number of rotatable bonds is 8. The third kappa shape index (κ3) is 6.91. The van der Waals surface area contributed by atoms with Crippen molar-refractivity contribution < 1.29 is 9.18 Å². The van der Waals surface area contributed by atoms with Gasteiger partial charge in [-0.25, -0.2) is 4.39 Å². The highest BCUT2D eigenvalue weighted by molar-refractivity contribution is 5.76. The molecule has 0 saturated heterocycles. The molecule has 0 heterocycles. The van der Waals surface area contributed by atoms with Crippen LogP contribution in [0, 0.1) is 5.82 Å². The maximum absolute atomic E-state index is 12.7. The summed E-state index contributed by atoms with van der Waals surface area (Å²) in [5, 5.41) is 2.84. The molecule has 3 nitrogen and oxygen atoms in total. The number of carbonyl (C=O) groups is 1. The number of nitrogens with zero attached hydrogens (tertiary/aromatic N) is 1. The summed E-state index contributed by atoms with van der Waals surface area (Å²) in [4.78, 5) is 13.8. The quantitative estimate of drug-likeness (QED) is 0.784. The summed E-state index contributed by atoms with van der Waals surface area (Å²) in [6.07, 6.45) is 2.83. The number of hydrogen-bond donors (Lipinski definition) is 1. The number of halogens is 1. The van der Waals surface area contributed by atoms with Crippen LogP contribution in [0.1, 0.15) is 31.7 Å². The van der Waals surface area contributed by atoms with Gasteiger partial charge in [0.25, 0.3) is 0 Å². The first-order valence-electron chi connectivity index (χ1n) is 6.81. The van der Waals surface area contributed by atoms with Gasteiger partial charge >= 0.3 is 0 Å². The molecule has 19 heavy (non-hydrogen) atoms. The molecule has 1 N–H and O–H groups in total. The van der Waals surface area contributed by atoms with E-state index in [0.29, 0.717) is 13.0 Å². The Morgan fingerprint density at radius 1 is 1.26 bits per heavy atom. The summed E-state index contributed by atoms with van der Waals surface area (Å²) in [6, 6.07) is 6.17. The normalized spacial score (nSPS) is 10.7. The maximum Gasteiger partial charge on any atom is 0.221 e. The summed E-state index contributed by atoms with van der Waals surface area (Å²) in [5.41, 5.74) is 0.911. The van der Waals surface area contributed by atoms with Crippen LogP contribution in [0.25, 0.3) is 0 Å². The minimum absolute atomic E-state index is 0.0349. The monoisotopic (exact) mass is 266 g/mol. The fourth-order valence-electron chi connectivity index (χ4n) is 1.72. The van der Waals surface area contributed by atoms with Gasteiger partial charge in [0.15, 0.2) is 0 Å². The van der Waals surface area contributed by atoms with Crippen molar-refractivity contribution in [2.75, 3.05) is 20.1 Å². The number of amides is 1. The van der Waals surface area contributed by atoms with Gasteiger partial charge < -0.3 is 10.2 Å². The molecule has 1 aromatic rings. The molecule has 0 aliphatic carbocycles. The molecule has 0 bridgehead atoms. The summed E-state index contributed by atoms with van der Waals surface area (Å²) in [6.45, 7) is 4.41. The average Bonchev–Trinajstić information content (AvgIpc) is 2.42. The molecule has 0 aromatic heterocycles. The van der Waals surface area contributed by atoms with Crippen molar-refractivity contribution in [2.45, 2.75) is 32.7 Å². The highest BCUT2D eigenvalue weighted by atomic mass is 19.1. The Morgan fingerprint density at radius 2 is 1.95 bits per heavy atom. The summed E-state index contributed by atoms with van der Waals surface area (Å²) in [5.74, 6) is -0.222. The van der Waals surface area contributed by atoms with Crippen LogP contribution >= 0.6 is 0 Å². The molecule has 0 unspecified atom stereocenters. The van der Waals surface area contributed by atoms with Crippen LogP contribution < -0.4 is 5.32 Å². The number of benzene rings is 1. The van der Waals surface area contributed by atoms with Crippen LogP contribution in [0.5, 0.6) is 0 Å². The second kappa shape index (κ2) is 8.64. The zero-order valence-electron chi connectivity index (χ0n) is 11.8. The van der Waals surface area contributed by atoms with Gasteiger partial charge in [-0.2, -0.15) is 0 Å². The van der Waals surface area contributed by atoms with Crippen molar-refractivity contribution in [3.63, 3.8) is 0 Å². The first-order chi connectivity index (χ1) is 9.11. The van der Waals surface area contributed by atoms with Gasteiger partial charge in [0.05, 0.1) is 0 Å². The van der Waals surface area contributed by atoms with Crippen molar-refractivity contribution in [1.82, 2.24) is 10.2 Å². The average molecular weight is 266 g/mol. The Bertz CT molecular complexity index is 378. The predicted molar refractivity (Wildman–Crippen MR) is 75.3 cm³/mol. The van der Waals surface area contributed by atoms with E-state index in [4.69, 9.17) is 0 Å². The number of hydrogen-bond acceptors (Lipinski definition) is 2. The number of carbonyl (C=O) groups excluding carboxylic acids is 1. The molecule has 0 fully saturated rings. The molecule has 0 radical (unpaired) electrons. The number of unbranched alkanes of at least 4 members (excludes halogenated alkanes) is 1. The van der Waals surface area contributed by atoms with Crippen LogP contribution in [-0.2, 0) is 11.3 Å². The highest BCUT2D eigenvalue weighted by Gasteiger charge is 2.04. The predicted octanol–water partition coefficient (Wildman–Crippen LogP) is 2.56. The van der Waals surface area contributed by atoms with Crippen molar-refractivity contribution >= 4 is 5.91 Å². The largest absolute Gasteiger partial charge is 0.352 e. The van der Waals surface area contributed by atoms with E-state index in [1.165, 1.54) is 18.6 Å². The highest BCUT2D eigenvalue weighted by Crippen LogP contribution is 2.02. The fourth-order valence-corrected chi connectivity index (χ4v) is 1.72. The molecule has 1 aromatic carbocycles. The standard InChI is InChI=1S/C15H23FN2O/c1-3-4-10-18(2)11-9-15(19)17-12-13-5-7-14(16)8-6-13/h5-8H,3-4,9-12H2,1-2H3,(H,17,19). The van der Waals surface area contributed by atoms with Crippen LogP contribution in [0.3, 0.4) is 0 Å². The van der Waals surface area contributed by atoms with Crippen molar-refractivity contribution in [3.8, 4) is 0 Å². The van der Waals surface area contributed by atoms with E-state index in [9.17, 15) is 9.18 Å². The first kappa shape index (κ1) is 15.6. The lowest BCUT2D eigenvalue weighted by Crippen LogP contribution is -2.29. The molecule has 1 rings (SSSR count). The Labute approximate surface area is 114 Å². The van der Waals surface area contributed by atoms with E-state index in [1.54, 1.807) is 12.1 Å². The van der Waals surface area contributed by atoms with E-state index in [-0.39, 0.29) is 11.7 Å². The molecule has 0 spiro atoms. The molecule has 0 atom stereocenters. The molecule has 0 aliphatic rings. The van der Waals surface area contributed by atoms with Crippen LogP contribution in [0.2, 0.25) is 0 Å².